The molecule has 0 unspecified atom stereocenters. The molecule has 0 atom stereocenters. The molecule has 1 amide bonds. The Bertz CT molecular complexity index is 901. The molecule has 28 heavy (non-hydrogen) atoms. The van der Waals surface area contributed by atoms with E-state index in [1.54, 1.807) is 6.92 Å². The molecule has 0 spiro atoms. The number of ether oxygens (including phenoxy) is 3. The molecular weight excluding hydrogens is 392 g/mol. The van der Waals surface area contributed by atoms with Crippen LogP contribution >= 0.6 is 11.6 Å². The molecule has 0 aliphatic heterocycles. The first-order valence-electron chi connectivity index (χ1n) is 8.09. The van der Waals surface area contributed by atoms with Crippen LogP contribution in [0, 0.1) is 10.1 Å². The molecule has 9 nitrogen and oxygen atoms in total. The molecule has 1 N–H and O–H groups in total. The molecule has 0 heterocycles. The van der Waals surface area contributed by atoms with Crippen molar-refractivity contribution in [1.29, 1.82) is 0 Å². The summed E-state index contributed by atoms with van der Waals surface area (Å²) in [5.41, 5.74) is -0.195. The first-order valence-corrected chi connectivity index (χ1v) is 8.47. The van der Waals surface area contributed by atoms with E-state index >= 15 is 0 Å². The molecule has 0 saturated carbocycles. The van der Waals surface area contributed by atoms with E-state index in [1.807, 2.05) is 0 Å². The second-order valence-corrected chi connectivity index (χ2v) is 5.80. The van der Waals surface area contributed by atoms with Crippen LogP contribution in [-0.4, -0.2) is 37.1 Å². The summed E-state index contributed by atoms with van der Waals surface area (Å²) in [5, 5.41) is 13.9. The average molecular weight is 409 g/mol. The molecule has 10 heteroatoms. The number of methoxy groups -OCH3 is 1. The first-order chi connectivity index (χ1) is 13.3. The van der Waals surface area contributed by atoms with E-state index in [4.69, 9.17) is 25.8 Å². The van der Waals surface area contributed by atoms with Gasteiger partial charge in [0.05, 0.1) is 17.6 Å². The maximum absolute atomic E-state index is 12.1. The highest BCUT2D eigenvalue weighted by Crippen LogP contribution is 2.37. The summed E-state index contributed by atoms with van der Waals surface area (Å²) in [6, 6.07) is 8.10. The van der Waals surface area contributed by atoms with Crippen molar-refractivity contribution in [3.63, 3.8) is 0 Å². The largest absolute Gasteiger partial charge is 0.493 e. The maximum Gasteiger partial charge on any atom is 0.338 e. The van der Waals surface area contributed by atoms with Gasteiger partial charge >= 0.3 is 11.7 Å². The van der Waals surface area contributed by atoms with Crippen molar-refractivity contribution in [2.45, 2.75) is 6.92 Å². The van der Waals surface area contributed by atoms with Crippen LogP contribution < -0.4 is 14.8 Å². The fraction of sp³-hybridized carbons (Fsp3) is 0.222. The van der Waals surface area contributed by atoms with Crippen molar-refractivity contribution >= 4 is 29.2 Å². The summed E-state index contributed by atoms with van der Waals surface area (Å²) in [4.78, 5) is 34.0. The lowest BCUT2D eigenvalue weighted by molar-refractivity contribution is -0.385. The molecule has 0 fully saturated rings. The van der Waals surface area contributed by atoms with Gasteiger partial charge in [0.25, 0.3) is 5.91 Å². The topological polar surface area (TPSA) is 117 Å². The van der Waals surface area contributed by atoms with Crippen LogP contribution in [-0.2, 0) is 9.53 Å². The van der Waals surface area contributed by atoms with E-state index in [-0.39, 0.29) is 33.5 Å². The molecule has 2 aromatic rings. The minimum absolute atomic E-state index is 0.0423. The zero-order valence-corrected chi connectivity index (χ0v) is 15.8. The van der Waals surface area contributed by atoms with Gasteiger partial charge in [0.15, 0.2) is 18.1 Å². The number of nitro benzene ring substituents is 1. The van der Waals surface area contributed by atoms with Crippen LogP contribution in [0.25, 0.3) is 0 Å². The highest BCUT2D eigenvalue weighted by atomic mass is 35.5. The molecule has 0 aromatic heterocycles. The maximum atomic E-state index is 12.1. The second kappa shape index (κ2) is 9.56. The van der Waals surface area contributed by atoms with Gasteiger partial charge in [0.1, 0.15) is 0 Å². The second-order valence-electron chi connectivity index (χ2n) is 5.37. The minimum Gasteiger partial charge on any atom is -0.493 e. The van der Waals surface area contributed by atoms with Gasteiger partial charge in [-0.1, -0.05) is 11.6 Å². The number of rotatable bonds is 8. The third kappa shape index (κ3) is 5.34. The number of nitrogens with one attached hydrogen (secondary N) is 1. The predicted octanol–water partition coefficient (Wildman–Crippen LogP) is 3.34. The Morgan fingerprint density at radius 3 is 2.50 bits per heavy atom. The Morgan fingerprint density at radius 1 is 1.14 bits per heavy atom. The Morgan fingerprint density at radius 2 is 1.86 bits per heavy atom. The zero-order valence-electron chi connectivity index (χ0n) is 15.1. The van der Waals surface area contributed by atoms with Gasteiger partial charge < -0.3 is 19.5 Å². The lowest BCUT2D eigenvalue weighted by Crippen LogP contribution is -2.28. The van der Waals surface area contributed by atoms with Gasteiger partial charge in [-0.05, 0) is 37.3 Å². The lowest BCUT2D eigenvalue weighted by atomic mass is 10.2. The van der Waals surface area contributed by atoms with E-state index in [2.05, 4.69) is 5.32 Å². The highest BCUT2D eigenvalue weighted by Gasteiger charge is 2.19. The van der Waals surface area contributed by atoms with E-state index in [0.717, 1.165) is 6.07 Å². The van der Waals surface area contributed by atoms with Gasteiger partial charge in [-0.2, -0.15) is 0 Å². The quantitative estimate of drug-likeness (QED) is 0.404. The number of hydrogen-bond acceptors (Lipinski definition) is 7. The van der Waals surface area contributed by atoms with Crippen LogP contribution in [0.5, 0.6) is 17.2 Å². The molecule has 2 rings (SSSR count). The number of carbonyl (C=O) groups is 2. The monoisotopic (exact) mass is 408 g/mol. The molecule has 2 aromatic carbocycles. The number of nitrogens with zero attached hydrogens (tertiary/aromatic N) is 1. The summed E-state index contributed by atoms with van der Waals surface area (Å²) in [6.45, 7) is 1.76. The van der Waals surface area contributed by atoms with Crippen molar-refractivity contribution in [2.24, 2.45) is 0 Å². The highest BCUT2D eigenvalue weighted by molar-refractivity contribution is 6.30. The van der Waals surface area contributed by atoms with Gasteiger partial charge in [0, 0.05) is 17.6 Å². The van der Waals surface area contributed by atoms with Crippen molar-refractivity contribution in [2.75, 3.05) is 20.3 Å². The smallest absolute Gasteiger partial charge is 0.338 e. The average Bonchev–Trinajstić information content (AvgIpc) is 2.67. The third-order valence-electron chi connectivity index (χ3n) is 3.45. The van der Waals surface area contributed by atoms with Crippen LogP contribution in [0.2, 0.25) is 5.02 Å². The minimum atomic E-state index is -0.728. The first kappa shape index (κ1) is 21.0. The molecule has 0 saturated heterocycles. The normalized spacial score (nSPS) is 10.1. The molecule has 148 valence electrons. The van der Waals surface area contributed by atoms with E-state index in [9.17, 15) is 19.7 Å². The lowest BCUT2D eigenvalue weighted by Gasteiger charge is -2.12. The summed E-state index contributed by atoms with van der Waals surface area (Å²) in [5.74, 6) is -0.893. The van der Waals surface area contributed by atoms with E-state index in [1.165, 1.54) is 37.4 Å². The molecular formula is C18H17ClN2O7. The molecule has 0 radical (unpaired) electrons. The van der Waals surface area contributed by atoms with E-state index < -0.39 is 23.4 Å². The fourth-order valence-electron chi connectivity index (χ4n) is 2.18. The summed E-state index contributed by atoms with van der Waals surface area (Å²) >= 11 is 5.79. The number of amides is 1. The Balaban J connectivity index is 2.21. The summed E-state index contributed by atoms with van der Waals surface area (Å²) < 4.78 is 15.7. The van der Waals surface area contributed by atoms with Gasteiger partial charge in [0.2, 0.25) is 5.75 Å². The molecule has 0 aliphatic rings. The van der Waals surface area contributed by atoms with Crippen LogP contribution in [0.15, 0.2) is 36.4 Å². The van der Waals surface area contributed by atoms with Gasteiger partial charge in [-0.15, -0.1) is 0 Å². The van der Waals surface area contributed by atoms with E-state index in [0.29, 0.717) is 6.54 Å². The Hall–Kier alpha value is -3.33. The number of nitro groups is 1. The van der Waals surface area contributed by atoms with Crippen LogP contribution in [0.4, 0.5) is 5.69 Å². The number of carbonyl (C=O) groups excluding carboxylic acids is 2. The number of halogens is 1. The van der Waals surface area contributed by atoms with Gasteiger partial charge in [-0.3, -0.25) is 14.9 Å². The van der Waals surface area contributed by atoms with Crippen molar-refractivity contribution in [3.8, 4) is 17.2 Å². The van der Waals surface area contributed by atoms with Gasteiger partial charge in [-0.25, -0.2) is 4.79 Å². The number of hydrogen-bond donors (Lipinski definition) is 1. The summed E-state index contributed by atoms with van der Waals surface area (Å²) in [6.07, 6.45) is 0. The molecule has 0 bridgehead atoms. The Labute approximate surface area is 165 Å². The zero-order chi connectivity index (χ0) is 20.7. The molecule has 0 aliphatic carbocycles. The predicted molar refractivity (Wildman–Crippen MR) is 100 cm³/mol. The fourth-order valence-corrected chi connectivity index (χ4v) is 2.35. The standard InChI is InChI=1S/C18H17ClN2O7/c1-3-20-17(22)10-27-18(23)11-4-6-15(16(8-11)26-2)28-14-7-5-12(19)9-13(14)21(24)25/h4-9H,3,10H2,1-2H3,(H,20,22). The van der Waals surface area contributed by atoms with Crippen molar-refractivity contribution in [3.05, 3.63) is 57.1 Å². The summed E-state index contributed by atoms with van der Waals surface area (Å²) in [7, 11) is 1.35. The number of likely N-dealkylation sites (N-methyl/N-ethyl adjacent to an activating group) is 1. The third-order valence-corrected chi connectivity index (χ3v) is 3.68. The SMILES string of the molecule is CCNC(=O)COC(=O)c1ccc(Oc2ccc(Cl)cc2[N+](=O)[O-])c(OC)c1. The van der Waals surface area contributed by atoms with Crippen LogP contribution in [0.3, 0.4) is 0 Å². The number of esters is 1. The Kier molecular flexibility index (Phi) is 7.16. The van der Waals surface area contributed by atoms with Crippen molar-refractivity contribution in [1.82, 2.24) is 5.32 Å². The number of benzene rings is 2. The van der Waals surface area contributed by atoms with Crippen molar-refractivity contribution < 1.29 is 28.7 Å². The van der Waals surface area contributed by atoms with Crippen LogP contribution in [0.1, 0.15) is 17.3 Å².